The van der Waals surface area contributed by atoms with Gasteiger partial charge in [0.25, 0.3) is 5.91 Å². The van der Waals surface area contributed by atoms with E-state index in [1.807, 2.05) is 18.7 Å². The van der Waals surface area contributed by atoms with Crippen LogP contribution in [0.4, 0.5) is 5.88 Å². The molecule has 1 aromatic carbocycles. The van der Waals surface area contributed by atoms with Crippen molar-refractivity contribution in [3.8, 4) is 0 Å². The number of oxazole rings is 1. The molecule has 0 radical (unpaired) electrons. The van der Waals surface area contributed by atoms with Crippen LogP contribution in [0.15, 0.2) is 43.5 Å². The van der Waals surface area contributed by atoms with Gasteiger partial charge in [0, 0.05) is 25.7 Å². The number of anilines is 1. The summed E-state index contributed by atoms with van der Waals surface area (Å²) in [6.07, 6.45) is 5.29. The number of aromatic nitrogens is 1. The normalized spacial score (nSPS) is 18.8. The lowest BCUT2D eigenvalue weighted by atomic mass is 10.1. The van der Waals surface area contributed by atoms with E-state index in [1.165, 1.54) is 17.8 Å². The van der Waals surface area contributed by atoms with E-state index in [1.54, 1.807) is 29.2 Å². The van der Waals surface area contributed by atoms with Crippen molar-refractivity contribution in [2.45, 2.75) is 49.5 Å². The third kappa shape index (κ3) is 4.49. The molecular weight excluding hydrogens is 466 g/mol. The highest BCUT2D eigenvalue weighted by Crippen LogP contribution is 2.36. The van der Waals surface area contributed by atoms with Gasteiger partial charge in [0.15, 0.2) is 0 Å². The zero-order valence-corrected chi connectivity index (χ0v) is 20.5. The number of carbonyl (C=O) groups is 1. The van der Waals surface area contributed by atoms with Gasteiger partial charge in [0.1, 0.15) is 4.32 Å². The molecule has 3 heterocycles. The van der Waals surface area contributed by atoms with E-state index >= 15 is 0 Å². The fourth-order valence-electron chi connectivity index (χ4n) is 3.70. The second-order valence-electron chi connectivity index (χ2n) is 7.86. The number of thioether (sulfide) groups is 1. The lowest BCUT2D eigenvalue weighted by Gasteiger charge is -2.26. The van der Waals surface area contributed by atoms with Gasteiger partial charge >= 0.3 is 0 Å². The first-order valence-corrected chi connectivity index (χ1v) is 13.3. The number of amides is 1. The lowest BCUT2D eigenvalue weighted by molar-refractivity contribution is -0.122. The van der Waals surface area contributed by atoms with E-state index in [9.17, 15) is 13.2 Å². The predicted molar refractivity (Wildman–Crippen MR) is 129 cm³/mol. The lowest BCUT2D eigenvalue weighted by Crippen LogP contribution is -2.30. The highest BCUT2D eigenvalue weighted by Gasteiger charge is 2.34. The molecule has 0 aliphatic carbocycles. The molecule has 0 N–H and O–H groups in total. The van der Waals surface area contributed by atoms with Gasteiger partial charge in [0.05, 0.1) is 9.80 Å². The Morgan fingerprint density at radius 1 is 1.19 bits per heavy atom. The molecule has 2 aliphatic heterocycles. The number of rotatable bonds is 6. The largest absolute Gasteiger partial charge is 0.420 e. The summed E-state index contributed by atoms with van der Waals surface area (Å²) in [5, 5.41) is -0.112. The maximum Gasteiger partial charge on any atom is 0.266 e. The molecule has 2 saturated heterocycles. The monoisotopic (exact) mass is 491 g/mol. The molecule has 10 heteroatoms. The number of piperidine rings is 1. The standard InChI is InChI=1S/C22H25N3O4S3/c1-3-11-25-20(26)17(31-22(25)30)14-18-23-19(21(29-18)24-12-5-4-6-13-24)32(27,28)16-9-7-15(2)8-10-16/h7-10,14H,3-6,11-13H2,1-2H3. The smallest absolute Gasteiger partial charge is 0.266 e. The van der Waals surface area contributed by atoms with Crippen LogP contribution in [0.5, 0.6) is 0 Å². The zero-order valence-electron chi connectivity index (χ0n) is 18.0. The SMILES string of the molecule is CCCN1C(=O)C(=Cc2nc(S(=O)(=O)c3ccc(C)cc3)c(N3CCCCC3)o2)SC1=S. The minimum atomic E-state index is -3.90. The Kier molecular flexibility index (Phi) is 6.73. The molecule has 170 valence electrons. The quantitative estimate of drug-likeness (QED) is 0.434. The molecule has 2 aliphatic rings. The predicted octanol–water partition coefficient (Wildman–Crippen LogP) is 4.42. The van der Waals surface area contributed by atoms with Gasteiger partial charge in [-0.2, -0.15) is 4.98 Å². The van der Waals surface area contributed by atoms with Crippen molar-refractivity contribution < 1.29 is 17.6 Å². The maximum absolute atomic E-state index is 13.4. The van der Waals surface area contributed by atoms with Crippen LogP contribution in [0.3, 0.4) is 0 Å². The molecule has 0 atom stereocenters. The third-order valence-corrected chi connectivity index (χ3v) is 8.45. The summed E-state index contributed by atoms with van der Waals surface area (Å²) in [6.45, 7) is 5.81. The van der Waals surface area contributed by atoms with E-state index < -0.39 is 9.84 Å². The maximum atomic E-state index is 13.4. The fourth-order valence-corrected chi connectivity index (χ4v) is 6.31. The van der Waals surface area contributed by atoms with Crippen molar-refractivity contribution in [2.75, 3.05) is 24.5 Å². The Labute approximate surface area is 197 Å². The second-order valence-corrected chi connectivity index (χ2v) is 11.4. The Balaban J connectivity index is 1.76. The van der Waals surface area contributed by atoms with Crippen molar-refractivity contribution >= 4 is 56.0 Å². The minimum Gasteiger partial charge on any atom is -0.420 e. The number of carbonyl (C=O) groups excluding carboxylic acids is 1. The Hall–Kier alpha value is -2.17. The van der Waals surface area contributed by atoms with Crippen molar-refractivity contribution in [2.24, 2.45) is 0 Å². The van der Waals surface area contributed by atoms with Crippen molar-refractivity contribution in [3.63, 3.8) is 0 Å². The first-order valence-electron chi connectivity index (χ1n) is 10.6. The van der Waals surface area contributed by atoms with Crippen LogP contribution in [0, 0.1) is 6.92 Å². The Morgan fingerprint density at radius 2 is 1.88 bits per heavy atom. The van der Waals surface area contributed by atoms with Crippen molar-refractivity contribution in [1.82, 2.24) is 9.88 Å². The number of hydrogen-bond donors (Lipinski definition) is 0. The van der Waals surface area contributed by atoms with Crippen LogP contribution in [-0.2, 0) is 14.6 Å². The average Bonchev–Trinajstić information content (AvgIpc) is 3.32. The molecule has 32 heavy (non-hydrogen) atoms. The van der Waals surface area contributed by atoms with Crippen LogP contribution < -0.4 is 4.90 Å². The minimum absolute atomic E-state index is 0.0910. The van der Waals surface area contributed by atoms with Gasteiger partial charge in [0.2, 0.25) is 26.6 Å². The molecular formula is C22H25N3O4S3. The van der Waals surface area contributed by atoms with Crippen LogP contribution >= 0.6 is 24.0 Å². The van der Waals surface area contributed by atoms with E-state index in [-0.39, 0.29) is 27.6 Å². The number of thiocarbonyl (C=S) groups is 1. The summed E-state index contributed by atoms with van der Waals surface area (Å²) in [6, 6.07) is 6.67. The molecule has 0 bridgehead atoms. The number of aryl methyl sites for hydroxylation is 1. The highest BCUT2D eigenvalue weighted by atomic mass is 32.2. The molecule has 4 rings (SSSR count). The number of benzene rings is 1. The summed E-state index contributed by atoms with van der Waals surface area (Å²) in [7, 11) is -3.90. The summed E-state index contributed by atoms with van der Waals surface area (Å²) in [4.78, 5) is 21.1. The Bertz CT molecular complexity index is 1160. The fraction of sp³-hybridized carbons (Fsp3) is 0.409. The molecule has 1 aromatic heterocycles. The van der Waals surface area contributed by atoms with E-state index in [2.05, 4.69) is 4.98 Å². The summed E-state index contributed by atoms with van der Waals surface area (Å²) in [5.41, 5.74) is 0.968. The summed E-state index contributed by atoms with van der Waals surface area (Å²) in [5.74, 6) is 0.122. The van der Waals surface area contributed by atoms with Crippen LogP contribution in [0.2, 0.25) is 0 Å². The molecule has 0 saturated carbocycles. The molecule has 7 nitrogen and oxygen atoms in total. The first-order chi connectivity index (χ1) is 15.3. The van der Waals surface area contributed by atoms with Gasteiger partial charge < -0.3 is 9.32 Å². The van der Waals surface area contributed by atoms with Crippen LogP contribution in [-0.4, -0.2) is 48.2 Å². The molecule has 2 fully saturated rings. The number of nitrogens with zero attached hydrogens (tertiary/aromatic N) is 3. The molecule has 0 spiro atoms. The van der Waals surface area contributed by atoms with Gasteiger partial charge in [-0.25, -0.2) is 8.42 Å². The van der Waals surface area contributed by atoms with E-state index in [0.29, 0.717) is 28.9 Å². The van der Waals surface area contributed by atoms with Gasteiger partial charge in [-0.1, -0.05) is 48.6 Å². The molecule has 2 aromatic rings. The van der Waals surface area contributed by atoms with Gasteiger partial charge in [-0.3, -0.25) is 9.69 Å². The van der Waals surface area contributed by atoms with E-state index in [4.69, 9.17) is 16.6 Å². The summed E-state index contributed by atoms with van der Waals surface area (Å²) >= 11 is 6.49. The Morgan fingerprint density at radius 3 is 2.53 bits per heavy atom. The summed E-state index contributed by atoms with van der Waals surface area (Å²) < 4.78 is 33.3. The molecule has 0 unspecified atom stereocenters. The van der Waals surface area contributed by atoms with E-state index in [0.717, 1.165) is 31.2 Å². The topological polar surface area (TPSA) is 83.7 Å². The number of sulfone groups is 1. The second kappa shape index (κ2) is 9.36. The zero-order chi connectivity index (χ0) is 22.9. The molecule has 1 amide bonds. The van der Waals surface area contributed by atoms with Crippen LogP contribution in [0.1, 0.15) is 44.1 Å². The average molecular weight is 492 g/mol. The first kappa shape index (κ1) is 23.0. The van der Waals surface area contributed by atoms with Crippen LogP contribution in [0.25, 0.3) is 6.08 Å². The highest BCUT2D eigenvalue weighted by molar-refractivity contribution is 8.26. The van der Waals surface area contributed by atoms with Crippen molar-refractivity contribution in [1.29, 1.82) is 0 Å². The number of hydrogen-bond acceptors (Lipinski definition) is 8. The third-order valence-electron chi connectivity index (χ3n) is 5.40. The van der Waals surface area contributed by atoms with Crippen molar-refractivity contribution in [3.05, 3.63) is 40.6 Å². The van der Waals surface area contributed by atoms with Gasteiger partial charge in [-0.05, 0) is 44.7 Å². The van der Waals surface area contributed by atoms with Gasteiger partial charge in [-0.15, -0.1) is 0 Å².